The first-order valence-corrected chi connectivity index (χ1v) is 7.67. The molecule has 0 saturated heterocycles. The van der Waals surface area contributed by atoms with Crippen molar-refractivity contribution >= 4 is 11.9 Å². The number of allylic oxidation sites excluding steroid dienone is 2. The summed E-state index contributed by atoms with van der Waals surface area (Å²) in [7, 11) is 1.25. The predicted octanol–water partition coefficient (Wildman–Crippen LogP) is 2.69. The standard InChI is InChI=1S/C19H21NO4/c1-4-9-16-10-5-6-11-17(16)19(14-20,18(22)23-3)12-7-8-13-24-15(2)21/h9,11,16H,1,5-6,10,12-13H2,2-3H3. The first-order valence-electron chi connectivity index (χ1n) is 7.67. The van der Waals surface area contributed by atoms with Crippen LogP contribution in [0.2, 0.25) is 0 Å². The molecular weight excluding hydrogens is 306 g/mol. The lowest BCUT2D eigenvalue weighted by atomic mass is 9.69. The van der Waals surface area contributed by atoms with Gasteiger partial charge in [0.15, 0.2) is 12.0 Å². The lowest BCUT2D eigenvalue weighted by Gasteiger charge is -2.31. The molecule has 0 fully saturated rings. The summed E-state index contributed by atoms with van der Waals surface area (Å²) >= 11 is 0. The third kappa shape index (κ3) is 4.62. The fourth-order valence-electron chi connectivity index (χ4n) is 2.71. The van der Waals surface area contributed by atoms with E-state index in [1.165, 1.54) is 14.0 Å². The molecule has 5 heteroatoms. The minimum absolute atomic E-state index is 0.0231. The summed E-state index contributed by atoms with van der Waals surface area (Å²) in [6, 6.07) is 2.10. The number of carbonyl (C=O) groups excluding carboxylic acids is 2. The van der Waals surface area contributed by atoms with E-state index in [4.69, 9.17) is 9.47 Å². The van der Waals surface area contributed by atoms with Gasteiger partial charge in [0.2, 0.25) is 0 Å². The molecule has 24 heavy (non-hydrogen) atoms. The number of nitrogens with zero attached hydrogens (tertiary/aromatic N) is 1. The second-order valence-corrected chi connectivity index (χ2v) is 5.39. The van der Waals surface area contributed by atoms with Crippen molar-refractivity contribution in [2.75, 3.05) is 13.7 Å². The van der Waals surface area contributed by atoms with Gasteiger partial charge in [-0.25, -0.2) is 4.79 Å². The Kier molecular flexibility index (Phi) is 7.56. The minimum atomic E-state index is -1.48. The summed E-state index contributed by atoms with van der Waals surface area (Å²) in [5, 5.41) is 9.77. The molecule has 0 bridgehead atoms. The number of carbonyl (C=O) groups is 2. The Hall–Kier alpha value is -2.75. The second-order valence-electron chi connectivity index (χ2n) is 5.39. The summed E-state index contributed by atoms with van der Waals surface area (Å²) < 4.78 is 9.61. The van der Waals surface area contributed by atoms with E-state index in [9.17, 15) is 14.9 Å². The van der Waals surface area contributed by atoms with Gasteiger partial charge in [0, 0.05) is 19.3 Å². The Labute approximate surface area is 142 Å². The average molecular weight is 327 g/mol. The zero-order valence-electron chi connectivity index (χ0n) is 14.1. The van der Waals surface area contributed by atoms with E-state index >= 15 is 0 Å². The second kappa shape index (κ2) is 9.40. The van der Waals surface area contributed by atoms with Crippen LogP contribution in [0.3, 0.4) is 0 Å². The molecule has 2 unspecified atom stereocenters. The normalized spacial score (nSPS) is 18.4. The fraction of sp³-hybridized carbons (Fsp3) is 0.474. The highest BCUT2D eigenvalue weighted by molar-refractivity contribution is 5.84. The van der Waals surface area contributed by atoms with Crippen LogP contribution in [-0.4, -0.2) is 25.7 Å². The van der Waals surface area contributed by atoms with Crippen molar-refractivity contribution in [2.24, 2.45) is 11.3 Å². The van der Waals surface area contributed by atoms with Gasteiger partial charge in [0.25, 0.3) is 0 Å². The van der Waals surface area contributed by atoms with Crippen LogP contribution in [0, 0.1) is 34.5 Å². The number of hydrogen-bond donors (Lipinski definition) is 0. The van der Waals surface area contributed by atoms with Crippen LogP contribution < -0.4 is 0 Å². The van der Waals surface area contributed by atoms with E-state index in [0.717, 1.165) is 19.3 Å². The van der Waals surface area contributed by atoms with E-state index in [1.54, 1.807) is 6.08 Å². The van der Waals surface area contributed by atoms with Gasteiger partial charge in [-0.3, -0.25) is 4.79 Å². The third-order valence-corrected chi connectivity index (χ3v) is 3.85. The first-order chi connectivity index (χ1) is 11.5. The monoisotopic (exact) mass is 327 g/mol. The van der Waals surface area contributed by atoms with E-state index < -0.39 is 17.4 Å². The van der Waals surface area contributed by atoms with E-state index in [0.29, 0.717) is 5.57 Å². The van der Waals surface area contributed by atoms with Crippen LogP contribution in [0.5, 0.6) is 0 Å². The van der Waals surface area contributed by atoms with Crippen molar-refractivity contribution in [1.29, 1.82) is 5.26 Å². The van der Waals surface area contributed by atoms with Crippen molar-refractivity contribution < 1.29 is 19.1 Å². The van der Waals surface area contributed by atoms with Crippen molar-refractivity contribution in [2.45, 2.75) is 32.6 Å². The molecule has 0 saturated carbocycles. The lowest BCUT2D eigenvalue weighted by Crippen LogP contribution is -2.36. The molecule has 1 aliphatic carbocycles. The van der Waals surface area contributed by atoms with Gasteiger partial charge in [0.1, 0.15) is 0 Å². The van der Waals surface area contributed by atoms with E-state index in [-0.39, 0.29) is 18.9 Å². The van der Waals surface area contributed by atoms with Gasteiger partial charge in [-0.05, 0) is 30.9 Å². The SMILES string of the molecule is C=C=CC1CCCC=C1C(C#N)(CC#CCOC(C)=O)C(=O)OC. The van der Waals surface area contributed by atoms with Crippen molar-refractivity contribution in [3.05, 3.63) is 30.0 Å². The Morgan fingerprint density at radius 1 is 1.50 bits per heavy atom. The quantitative estimate of drug-likeness (QED) is 0.336. The number of rotatable bonds is 5. The number of ether oxygens (including phenoxy) is 2. The molecule has 126 valence electrons. The summed E-state index contributed by atoms with van der Waals surface area (Å²) in [5.41, 5.74) is 1.94. The highest BCUT2D eigenvalue weighted by atomic mass is 16.5. The van der Waals surface area contributed by atoms with Gasteiger partial charge in [0.05, 0.1) is 13.2 Å². The topological polar surface area (TPSA) is 76.4 Å². The first kappa shape index (κ1) is 19.3. The maximum atomic E-state index is 12.4. The van der Waals surface area contributed by atoms with Crippen LogP contribution in [0.15, 0.2) is 30.0 Å². The molecule has 0 radical (unpaired) electrons. The summed E-state index contributed by atoms with van der Waals surface area (Å²) in [6.07, 6.45) is 6.23. The molecule has 0 aromatic rings. The summed E-state index contributed by atoms with van der Waals surface area (Å²) in [6.45, 7) is 4.79. The summed E-state index contributed by atoms with van der Waals surface area (Å²) in [4.78, 5) is 23.1. The van der Waals surface area contributed by atoms with E-state index in [1.807, 2.05) is 6.08 Å². The molecule has 0 N–H and O–H groups in total. The Balaban J connectivity index is 3.17. The molecule has 0 amide bonds. The molecule has 0 aromatic heterocycles. The maximum Gasteiger partial charge on any atom is 0.331 e. The molecule has 0 spiro atoms. The molecule has 2 atom stereocenters. The molecule has 1 rings (SSSR count). The predicted molar refractivity (Wildman–Crippen MR) is 88.2 cm³/mol. The number of methoxy groups -OCH3 is 1. The van der Waals surface area contributed by atoms with Gasteiger partial charge < -0.3 is 9.47 Å². The highest BCUT2D eigenvalue weighted by Crippen LogP contribution is 2.42. The molecule has 0 aromatic carbocycles. The molecular formula is C19H21NO4. The lowest BCUT2D eigenvalue weighted by molar-refractivity contribution is -0.147. The molecule has 1 aliphatic rings. The van der Waals surface area contributed by atoms with Crippen LogP contribution in [0.1, 0.15) is 32.6 Å². The molecule has 0 aliphatic heterocycles. The van der Waals surface area contributed by atoms with Crippen LogP contribution in [-0.2, 0) is 19.1 Å². The van der Waals surface area contributed by atoms with Gasteiger partial charge in [-0.1, -0.05) is 24.5 Å². The highest BCUT2D eigenvalue weighted by Gasteiger charge is 2.46. The van der Waals surface area contributed by atoms with Gasteiger partial charge >= 0.3 is 11.9 Å². The average Bonchev–Trinajstić information content (AvgIpc) is 2.58. The Morgan fingerprint density at radius 2 is 2.25 bits per heavy atom. The molecule has 5 nitrogen and oxygen atoms in total. The number of hydrogen-bond acceptors (Lipinski definition) is 5. The third-order valence-electron chi connectivity index (χ3n) is 3.85. The zero-order valence-corrected chi connectivity index (χ0v) is 14.1. The molecule has 0 heterocycles. The fourth-order valence-corrected chi connectivity index (χ4v) is 2.71. The Bertz CT molecular complexity index is 668. The van der Waals surface area contributed by atoms with Crippen molar-refractivity contribution in [3.8, 4) is 17.9 Å². The zero-order chi connectivity index (χ0) is 18.0. The van der Waals surface area contributed by atoms with Gasteiger partial charge in [-0.2, -0.15) is 5.26 Å². The van der Waals surface area contributed by atoms with Crippen LogP contribution in [0.4, 0.5) is 0 Å². The van der Waals surface area contributed by atoms with Crippen molar-refractivity contribution in [3.63, 3.8) is 0 Å². The maximum absolute atomic E-state index is 12.4. The van der Waals surface area contributed by atoms with Gasteiger partial charge in [-0.15, -0.1) is 5.73 Å². The number of esters is 2. The van der Waals surface area contributed by atoms with Crippen molar-refractivity contribution in [1.82, 2.24) is 0 Å². The largest absolute Gasteiger partial charge is 0.468 e. The van der Waals surface area contributed by atoms with Crippen LogP contribution in [0.25, 0.3) is 0 Å². The minimum Gasteiger partial charge on any atom is -0.468 e. The van der Waals surface area contributed by atoms with Crippen LogP contribution >= 0.6 is 0 Å². The smallest absolute Gasteiger partial charge is 0.331 e. The number of nitriles is 1. The summed E-state index contributed by atoms with van der Waals surface area (Å²) in [5.74, 6) is 4.26. The van der Waals surface area contributed by atoms with E-state index in [2.05, 4.69) is 30.2 Å². The Morgan fingerprint density at radius 3 is 2.83 bits per heavy atom.